The van der Waals surface area contributed by atoms with Crippen molar-refractivity contribution in [2.75, 3.05) is 62.2 Å². The fourth-order valence-corrected chi connectivity index (χ4v) is 8.41. The van der Waals surface area contributed by atoms with Gasteiger partial charge in [0.05, 0.1) is 30.6 Å². The van der Waals surface area contributed by atoms with Crippen molar-refractivity contribution in [1.29, 1.82) is 0 Å². The highest BCUT2D eigenvalue weighted by Crippen LogP contribution is 2.36. The fraction of sp³-hybridized carbons (Fsp3) is 0.302. The van der Waals surface area contributed by atoms with Crippen molar-refractivity contribution >= 4 is 69.2 Å². The number of amides is 2. The first-order valence-electron chi connectivity index (χ1n) is 18.7. The number of methoxy groups -OCH3 is 2. The lowest BCUT2D eigenvalue weighted by Crippen LogP contribution is -2.49. The molecule has 0 saturated carbocycles. The van der Waals surface area contributed by atoms with Crippen molar-refractivity contribution < 1.29 is 28.6 Å². The number of fused-ring (bicyclic) bond motifs is 1. The molecular formula is C43H44N6O6S2. The summed E-state index contributed by atoms with van der Waals surface area (Å²) in [5.41, 5.74) is 2.85. The van der Waals surface area contributed by atoms with Crippen molar-refractivity contribution in [3.63, 3.8) is 0 Å². The van der Waals surface area contributed by atoms with Crippen LogP contribution >= 0.6 is 24.0 Å². The van der Waals surface area contributed by atoms with Crippen molar-refractivity contribution in [3.05, 3.63) is 114 Å². The summed E-state index contributed by atoms with van der Waals surface area (Å²) in [5, 5.41) is 3.67. The zero-order valence-electron chi connectivity index (χ0n) is 32.1. The Kier molecular flexibility index (Phi) is 12.5. The lowest BCUT2D eigenvalue weighted by molar-refractivity contribution is -0.119. The van der Waals surface area contributed by atoms with Crippen LogP contribution in [0.3, 0.4) is 0 Å². The summed E-state index contributed by atoms with van der Waals surface area (Å²) in [4.78, 5) is 56.7. The monoisotopic (exact) mass is 804 g/mol. The van der Waals surface area contributed by atoms with Gasteiger partial charge in [-0.3, -0.25) is 14.4 Å². The Balaban J connectivity index is 1.04. The molecule has 2 unspecified atom stereocenters. The summed E-state index contributed by atoms with van der Waals surface area (Å²) in [6.07, 6.45) is 0.245. The number of anilines is 2. The molecule has 1 N–H and O–H groups in total. The Morgan fingerprint density at radius 2 is 1.53 bits per heavy atom. The van der Waals surface area contributed by atoms with Crippen LogP contribution in [-0.2, 0) is 11.4 Å². The molecular weight excluding hydrogens is 761 g/mol. The molecule has 12 nitrogen and oxygen atoms in total. The van der Waals surface area contributed by atoms with Crippen molar-refractivity contribution in [1.82, 2.24) is 19.8 Å². The van der Waals surface area contributed by atoms with E-state index in [4.69, 9.17) is 36.4 Å². The second-order valence-electron chi connectivity index (χ2n) is 13.9. The van der Waals surface area contributed by atoms with Crippen LogP contribution in [-0.4, -0.2) is 100 Å². The fourth-order valence-electron chi connectivity index (χ4n) is 6.87. The van der Waals surface area contributed by atoms with E-state index in [0.717, 1.165) is 5.56 Å². The number of benzene rings is 4. The number of carbonyl (C=O) groups excluding carboxylic acids is 3. The third-order valence-corrected chi connectivity index (χ3v) is 11.8. The summed E-state index contributed by atoms with van der Waals surface area (Å²) in [7, 11) is 3.10. The predicted octanol–water partition coefficient (Wildman–Crippen LogP) is 6.74. The minimum atomic E-state index is -0.565. The van der Waals surface area contributed by atoms with E-state index in [9.17, 15) is 14.4 Å². The van der Waals surface area contributed by atoms with Gasteiger partial charge in [0, 0.05) is 66.9 Å². The van der Waals surface area contributed by atoms with E-state index in [1.165, 1.54) is 0 Å². The minimum absolute atomic E-state index is 0.00627. The van der Waals surface area contributed by atoms with Gasteiger partial charge >= 0.3 is 0 Å². The average Bonchev–Trinajstić information content (AvgIpc) is 3.76. The number of hydrogen-bond donors (Lipinski definition) is 1. The maximum absolute atomic E-state index is 14.1. The number of ether oxygens (including phenoxy) is 3. The van der Waals surface area contributed by atoms with Crippen LogP contribution in [0.2, 0.25) is 0 Å². The summed E-state index contributed by atoms with van der Waals surface area (Å²) in [6.45, 7) is 4.25. The molecule has 5 aromatic rings. The number of piperazine rings is 1. The summed E-state index contributed by atoms with van der Waals surface area (Å²) in [5.74, 6) is 2.88. The van der Waals surface area contributed by atoms with E-state index in [2.05, 4.69) is 5.32 Å². The molecule has 0 bridgehead atoms. The summed E-state index contributed by atoms with van der Waals surface area (Å²) >= 11 is 7.50. The molecule has 2 aliphatic heterocycles. The molecule has 2 fully saturated rings. The number of hydrogen-bond acceptors (Lipinski definition) is 11. The first-order chi connectivity index (χ1) is 27.7. The number of nitrogens with one attached hydrogen (secondary N) is 1. The number of Topliss-reactive ketones (excluding diaryl/α,β-unsaturated/α-hetero) is 1. The maximum atomic E-state index is 14.1. The number of ketones is 1. The van der Waals surface area contributed by atoms with Crippen LogP contribution in [0.4, 0.5) is 11.8 Å². The third-order valence-electron chi connectivity index (χ3n) is 10.1. The summed E-state index contributed by atoms with van der Waals surface area (Å²) < 4.78 is 17.1. The number of thiocarbonyl (C=S) groups is 1. The van der Waals surface area contributed by atoms with Gasteiger partial charge in [-0.2, -0.15) is 4.98 Å². The van der Waals surface area contributed by atoms with Crippen LogP contribution in [0.15, 0.2) is 97.1 Å². The van der Waals surface area contributed by atoms with Crippen LogP contribution in [0.1, 0.15) is 39.6 Å². The molecule has 2 aliphatic rings. The van der Waals surface area contributed by atoms with E-state index in [1.807, 2.05) is 82.3 Å². The van der Waals surface area contributed by atoms with Crippen molar-refractivity contribution in [2.24, 2.45) is 5.92 Å². The van der Waals surface area contributed by atoms with Gasteiger partial charge in [0.1, 0.15) is 24.2 Å². The smallest absolute Gasteiger partial charge is 0.253 e. The molecule has 2 saturated heterocycles. The Hall–Kier alpha value is -5.73. The first-order valence-corrected chi connectivity index (χ1v) is 20.3. The van der Waals surface area contributed by atoms with Crippen LogP contribution < -0.4 is 24.4 Å². The molecule has 0 radical (unpaired) electrons. The quantitative estimate of drug-likeness (QED) is 0.100. The van der Waals surface area contributed by atoms with E-state index >= 15 is 0 Å². The van der Waals surface area contributed by atoms with Gasteiger partial charge in [-0.1, -0.05) is 79.8 Å². The average molecular weight is 805 g/mol. The van der Waals surface area contributed by atoms with E-state index in [-0.39, 0.29) is 29.9 Å². The SMILES string of the molecule is COc1cc2nc(N3CCN(C(=O)c4ccc(OCc5ccccc5)cc4)CC3)nc(NC(=O)C3CSCN3C(=S)C(C)CC(=O)c3ccccc3)c2cc1OC. The molecule has 294 valence electrons. The second kappa shape index (κ2) is 18.0. The Labute approximate surface area is 341 Å². The van der Waals surface area contributed by atoms with E-state index in [1.54, 1.807) is 62.4 Å². The van der Waals surface area contributed by atoms with Gasteiger partial charge in [0.25, 0.3) is 5.91 Å². The van der Waals surface area contributed by atoms with Gasteiger partial charge < -0.3 is 34.2 Å². The predicted molar refractivity (Wildman–Crippen MR) is 227 cm³/mol. The molecule has 3 heterocycles. The zero-order valence-corrected chi connectivity index (χ0v) is 33.7. The molecule has 2 atom stereocenters. The number of rotatable bonds is 13. The van der Waals surface area contributed by atoms with Gasteiger partial charge in [-0.05, 0) is 35.9 Å². The lowest BCUT2D eigenvalue weighted by Gasteiger charge is -2.35. The highest BCUT2D eigenvalue weighted by atomic mass is 32.2. The summed E-state index contributed by atoms with van der Waals surface area (Å²) in [6, 6.07) is 29.3. The highest BCUT2D eigenvalue weighted by Gasteiger charge is 2.36. The lowest BCUT2D eigenvalue weighted by atomic mass is 9.99. The van der Waals surface area contributed by atoms with Crippen LogP contribution in [0.5, 0.6) is 17.2 Å². The molecule has 7 rings (SSSR count). The number of aromatic nitrogens is 2. The van der Waals surface area contributed by atoms with Crippen molar-refractivity contribution in [3.8, 4) is 17.2 Å². The molecule has 57 heavy (non-hydrogen) atoms. The first kappa shape index (κ1) is 39.5. The molecule has 2 amide bonds. The zero-order chi connectivity index (χ0) is 39.9. The Morgan fingerprint density at radius 3 is 2.21 bits per heavy atom. The third kappa shape index (κ3) is 9.13. The molecule has 14 heteroatoms. The molecule has 1 aromatic heterocycles. The molecule has 0 aliphatic carbocycles. The maximum Gasteiger partial charge on any atom is 0.253 e. The van der Waals surface area contributed by atoms with Crippen LogP contribution in [0.25, 0.3) is 10.9 Å². The topological polar surface area (TPSA) is 126 Å². The number of carbonyl (C=O) groups is 3. The molecule has 4 aromatic carbocycles. The van der Waals surface area contributed by atoms with Crippen molar-refractivity contribution in [2.45, 2.75) is 26.0 Å². The minimum Gasteiger partial charge on any atom is -0.493 e. The van der Waals surface area contributed by atoms with Gasteiger partial charge in [-0.25, -0.2) is 4.98 Å². The van der Waals surface area contributed by atoms with Crippen LogP contribution in [0, 0.1) is 5.92 Å². The second-order valence-corrected chi connectivity index (χ2v) is 15.3. The van der Waals surface area contributed by atoms with Gasteiger partial charge in [0.2, 0.25) is 11.9 Å². The highest BCUT2D eigenvalue weighted by molar-refractivity contribution is 7.99. The van der Waals surface area contributed by atoms with Gasteiger partial charge in [0.15, 0.2) is 17.3 Å². The van der Waals surface area contributed by atoms with E-state index in [0.29, 0.717) is 100 Å². The number of thioether (sulfide) groups is 1. The largest absolute Gasteiger partial charge is 0.493 e. The van der Waals surface area contributed by atoms with E-state index < -0.39 is 6.04 Å². The van der Waals surface area contributed by atoms with Gasteiger partial charge in [-0.15, -0.1) is 11.8 Å². The Morgan fingerprint density at radius 1 is 0.860 bits per heavy atom. The molecule has 0 spiro atoms. The number of nitrogens with zero attached hydrogens (tertiary/aromatic N) is 5. The Bertz CT molecular complexity index is 2240. The standard InChI is InChI=1S/C43H44N6O6S2/c1-28(22-36(50)30-12-8-5-9-13-30)42(56)49-27-57-26-35(49)40(51)45-39-33-23-37(53-2)38(54-3)24-34(33)44-43(46-39)48-20-18-47(19-21-48)41(52)31-14-16-32(17-15-31)55-25-29-10-6-4-7-11-29/h4-17,23-24,28,35H,18-22,25-27H2,1-3H3,(H,44,45,46,51). The normalized spacial score (nSPS) is 15.9.